The van der Waals surface area contributed by atoms with Crippen LogP contribution in [0.25, 0.3) is 0 Å². The molecule has 2 aliphatic heterocycles. The van der Waals surface area contributed by atoms with E-state index >= 15 is 0 Å². The second-order valence-corrected chi connectivity index (χ2v) is 8.12. The lowest BCUT2D eigenvalue weighted by Gasteiger charge is -2.38. The first-order chi connectivity index (χ1) is 13.1. The molecule has 0 saturated heterocycles. The summed E-state index contributed by atoms with van der Waals surface area (Å²) >= 11 is 9.80. The molecule has 0 amide bonds. The number of furan rings is 1. The van der Waals surface area contributed by atoms with Crippen LogP contribution in [0.1, 0.15) is 41.3 Å². The van der Waals surface area contributed by atoms with Crippen LogP contribution in [0.5, 0.6) is 5.75 Å². The van der Waals surface area contributed by atoms with Gasteiger partial charge in [0.2, 0.25) is 6.23 Å². The first-order valence-electron chi connectivity index (χ1n) is 8.73. The molecule has 0 N–H and O–H groups in total. The average Bonchev–Trinajstić information content (AvgIpc) is 3.27. The first kappa shape index (κ1) is 16.9. The van der Waals surface area contributed by atoms with Gasteiger partial charge in [0, 0.05) is 27.0 Å². The van der Waals surface area contributed by atoms with Gasteiger partial charge in [0.15, 0.2) is 0 Å². The third-order valence-electron chi connectivity index (χ3n) is 4.91. The summed E-state index contributed by atoms with van der Waals surface area (Å²) in [5, 5.41) is 7.58. The zero-order valence-corrected chi connectivity index (χ0v) is 16.9. The van der Waals surface area contributed by atoms with E-state index in [2.05, 4.69) is 22.0 Å². The van der Waals surface area contributed by atoms with Gasteiger partial charge in [0.25, 0.3) is 0 Å². The number of halogens is 2. The molecule has 0 unspecified atom stereocenters. The molecule has 3 heterocycles. The molecule has 1 aromatic heterocycles. The van der Waals surface area contributed by atoms with E-state index in [-0.39, 0.29) is 12.3 Å². The number of nitrogens with zero attached hydrogens (tertiary/aromatic N) is 2. The average molecular weight is 444 g/mol. The maximum atomic E-state index is 6.34. The lowest BCUT2D eigenvalue weighted by atomic mass is 9.97. The van der Waals surface area contributed by atoms with Crippen LogP contribution >= 0.6 is 27.5 Å². The molecule has 2 atom stereocenters. The summed E-state index contributed by atoms with van der Waals surface area (Å²) in [6.45, 7) is 1.94. The summed E-state index contributed by atoms with van der Waals surface area (Å²) in [7, 11) is 0. The maximum absolute atomic E-state index is 6.34. The van der Waals surface area contributed by atoms with E-state index in [1.807, 2.05) is 60.5 Å². The highest BCUT2D eigenvalue weighted by molar-refractivity contribution is 9.10. The minimum atomic E-state index is -0.337. The number of aryl methyl sites for hydroxylation is 1. The second-order valence-electron chi connectivity index (χ2n) is 6.76. The number of fused-ring (bicyclic) bond motifs is 3. The van der Waals surface area contributed by atoms with Gasteiger partial charge in [-0.05, 0) is 49.4 Å². The van der Waals surface area contributed by atoms with E-state index in [4.69, 9.17) is 25.9 Å². The maximum Gasteiger partial charge on any atom is 0.213 e. The SMILES string of the molecule is Cc1ccc(C2=NN3[C@@H](c4cccc(Cl)c4)Oc4ccc(Br)cc4[C@@H]3C2)o1. The van der Waals surface area contributed by atoms with E-state index in [1.54, 1.807) is 0 Å². The molecule has 0 bridgehead atoms. The summed E-state index contributed by atoms with van der Waals surface area (Å²) < 4.78 is 13.2. The second kappa shape index (κ2) is 6.43. The van der Waals surface area contributed by atoms with Crippen molar-refractivity contribution in [2.75, 3.05) is 0 Å². The van der Waals surface area contributed by atoms with Gasteiger partial charge in [0.1, 0.15) is 23.0 Å². The number of rotatable bonds is 2. The van der Waals surface area contributed by atoms with Gasteiger partial charge >= 0.3 is 0 Å². The number of hydrogen-bond acceptors (Lipinski definition) is 4. The first-order valence-corrected chi connectivity index (χ1v) is 9.90. The van der Waals surface area contributed by atoms with Crippen molar-refractivity contribution in [2.45, 2.75) is 25.6 Å². The third kappa shape index (κ3) is 2.95. The largest absolute Gasteiger partial charge is 0.464 e. The summed E-state index contributed by atoms with van der Waals surface area (Å²) in [5.41, 5.74) is 3.02. The molecule has 2 aromatic carbocycles. The smallest absolute Gasteiger partial charge is 0.213 e. The van der Waals surface area contributed by atoms with Crippen LogP contribution < -0.4 is 4.74 Å². The molecule has 4 nitrogen and oxygen atoms in total. The van der Waals surface area contributed by atoms with Crippen molar-refractivity contribution < 1.29 is 9.15 Å². The summed E-state index contributed by atoms with van der Waals surface area (Å²) in [5.74, 6) is 2.56. The number of hydrazone groups is 1. The molecule has 6 heteroatoms. The molecule has 0 radical (unpaired) electrons. The van der Waals surface area contributed by atoms with Crippen LogP contribution in [-0.4, -0.2) is 10.7 Å². The normalized spacial score (nSPS) is 20.7. The van der Waals surface area contributed by atoms with Crippen LogP contribution in [0.2, 0.25) is 5.02 Å². The van der Waals surface area contributed by atoms with Crippen molar-refractivity contribution in [1.82, 2.24) is 5.01 Å². The minimum absolute atomic E-state index is 0.0793. The zero-order chi connectivity index (χ0) is 18.5. The summed E-state index contributed by atoms with van der Waals surface area (Å²) in [4.78, 5) is 0. The van der Waals surface area contributed by atoms with Crippen molar-refractivity contribution in [3.8, 4) is 5.75 Å². The van der Waals surface area contributed by atoms with Gasteiger partial charge in [-0.3, -0.25) is 0 Å². The molecule has 27 heavy (non-hydrogen) atoms. The predicted molar refractivity (Wildman–Crippen MR) is 108 cm³/mol. The quantitative estimate of drug-likeness (QED) is 0.470. The highest BCUT2D eigenvalue weighted by Crippen LogP contribution is 2.48. The Kier molecular flexibility index (Phi) is 4.02. The molecule has 0 aliphatic carbocycles. The zero-order valence-electron chi connectivity index (χ0n) is 14.5. The Morgan fingerprint density at radius 2 is 2.04 bits per heavy atom. The van der Waals surface area contributed by atoms with E-state index in [9.17, 15) is 0 Å². The Morgan fingerprint density at radius 3 is 2.81 bits per heavy atom. The highest BCUT2D eigenvalue weighted by Gasteiger charge is 2.41. The van der Waals surface area contributed by atoms with E-state index in [0.29, 0.717) is 5.02 Å². The Labute approximate surface area is 170 Å². The monoisotopic (exact) mass is 442 g/mol. The number of hydrogen-bond donors (Lipinski definition) is 0. The van der Waals surface area contributed by atoms with E-state index < -0.39 is 0 Å². The highest BCUT2D eigenvalue weighted by atomic mass is 79.9. The van der Waals surface area contributed by atoms with Gasteiger partial charge < -0.3 is 9.15 Å². The molecular weight excluding hydrogens is 428 g/mol. The van der Waals surface area contributed by atoms with Gasteiger partial charge in [-0.2, -0.15) is 5.10 Å². The number of ether oxygens (including phenoxy) is 1. The van der Waals surface area contributed by atoms with Crippen LogP contribution in [0, 0.1) is 6.92 Å². The van der Waals surface area contributed by atoms with Gasteiger partial charge in [-0.25, -0.2) is 5.01 Å². The van der Waals surface area contributed by atoms with Crippen LogP contribution in [0.3, 0.4) is 0 Å². The van der Waals surface area contributed by atoms with Crippen molar-refractivity contribution in [1.29, 1.82) is 0 Å². The van der Waals surface area contributed by atoms with Crippen molar-refractivity contribution in [2.24, 2.45) is 5.10 Å². The fraction of sp³-hybridized carbons (Fsp3) is 0.190. The van der Waals surface area contributed by atoms with Crippen molar-refractivity contribution in [3.05, 3.63) is 86.7 Å². The molecular formula is C21H16BrClN2O2. The molecule has 2 aliphatic rings. The van der Waals surface area contributed by atoms with E-state index in [0.717, 1.165) is 45.0 Å². The fourth-order valence-corrected chi connectivity index (χ4v) is 4.25. The van der Waals surface area contributed by atoms with Crippen LogP contribution in [0.4, 0.5) is 0 Å². The fourth-order valence-electron chi connectivity index (χ4n) is 3.68. The van der Waals surface area contributed by atoms with Gasteiger partial charge in [-0.15, -0.1) is 0 Å². The molecule has 5 rings (SSSR count). The lowest BCUT2D eigenvalue weighted by molar-refractivity contribution is -0.0190. The number of benzene rings is 2. The third-order valence-corrected chi connectivity index (χ3v) is 5.64. The van der Waals surface area contributed by atoms with E-state index in [1.165, 1.54) is 0 Å². The Bertz CT molecular complexity index is 1060. The van der Waals surface area contributed by atoms with Gasteiger partial charge in [-0.1, -0.05) is 39.7 Å². The van der Waals surface area contributed by atoms with Gasteiger partial charge in [0.05, 0.1) is 6.04 Å². The summed E-state index contributed by atoms with van der Waals surface area (Å²) in [6, 6.07) is 17.9. The molecule has 0 spiro atoms. The van der Waals surface area contributed by atoms with Crippen molar-refractivity contribution >= 4 is 33.2 Å². The van der Waals surface area contributed by atoms with Crippen LogP contribution in [-0.2, 0) is 0 Å². The Morgan fingerprint density at radius 1 is 1.15 bits per heavy atom. The molecule has 136 valence electrons. The topological polar surface area (TPSA) is 38.0 Å². The molecule has 0 saturated carbocycles. The summed E-state index contributed by atoms with van der Waals surface area (Å²) in [6.07, 6.45) is 0.424. The minimum Gasteiger partial charge on any atom is -0.464 e. The predicted octanol–water partition coefficient (Wildman–Crippen LogP) is 6.25. The lowest BCUT2D eigenvalue weighted by Crippen LogP contribution is -2.33. The molecule has 0 fully saturated rings. The Balaban J connectivity index is 1.62. The Hall–Kier alpha value is -2.24. The molecule has 3 aromatic rings. The van der Waals surface area contributed by atoms with Crippen molar-refractivity contribution in [3.63, 3.8) is 0 Å². The van der Waals surface area contributed by atoms with Crippen LogP contribution in [0.15, 0.2) is 68.6 Å². The standard InChI is InChI=1S/C21H16BrClN2O2/c1-12-5-7-20(26-12)17-11-18-16-10-14(22)6-8-19(16)27-21(25(18)24-17)13-3-2-4-15(23)9-13/h2-10,18,21H,11H2,1H3/t18-,21+/m0/s1.